The summed E-state index contributed by atoms with van der Waals surface area (Å²) in [6.07, 6.45) is 1.78. The molecule has 0 aliphatic carbocycles. The first-order chi connectivity index (χ1) is 13.8. The Bertz CT molecular complexity index is 788. The normalized spacial score (nSPS) is 16.3. The minimum Gasteiger partial charge on any atom is -0.454 e. The van der Waals surface area contributed by atoms with Crippen molar-refractivity contribution in [3.05, 3.63) is 29.8 Å². The number of ether oxygens (including phenoxy) is 1. The van der Waals surface area contributed by atoms with Gasteiger partial charge in [0.15, 0.2) is 6.61 Å². The van der Waals surface area contributed by atoms with Gasteiger partial charge in [0.2, 0.25) is 0 Å². The summed E-state index contributed by atoms with van der Waals surface area (Å²) in [5, 5.41) is 5.39. The lowest BCUT2D eigenvalue weighted by molar-refractivity contribution is -0.150. The number of hydrogen-bond donors (Lipinski definition) is 2. The van der Waals surface area contributed by atoms with E-state index >= 15 is 0 Å². The molecule has 1 aromatic carbocycles. The zero-order valence-electron chi connectivity index (χ0n) is 17.4. The summed E-state index contributed by atoms with van der Waals surface area (Å²) in [5.74, 6) is -1.48. The molecule has 4 amide bonds. The molecule has 1 atom stereocenters. The maximum Gasteiger partial charge on any atom is 0.326 e. The van der Waals surface area contributed by atoms with Gasteiger partial charge in [-0.05, 0) is 36.8 Å². The van der Waals surface area contributed by atoms with Crippen molar-refractivity contribution in [3.63, 3.8) is 0 Å². The van der Waals surface area contributed by atoms with Crippen LogP contribution < -0.4 is 10.6 Å². The number of imide groups is 1. The summed E-state index contributed by atoms with van der Waals surface area (Å²) in [6.45, 7) is 6.70. The summed E-state index contributed by atoms with van der Waals surface area (Å²) in [6, 6.07) is 6.84. The molecular weight excluding hydrogens is 374 g/mol. The van der Waals surface area contributed by atoms with Gasteiger partial charge < -0.3 is 15.4 Å². The van der Waals surface area contributed by atoms with Gasteiger partial charge in [-0.1, -0.05) is 45.9 Å². The van der Waals surface area contributed by atoms with E-state index in [0.717, 1.165) is 16.9 Å². The van der Waals surface area contributed by atoms with Crippen LogP contribution in [0.3, 0.4) is 0 Å². The van der Waals surface area contributed by atoms with E-state index in [-0.39, 0.29) is 5.92 Å². The molecule has 0 aromatic heterocycles. The van der Waals surface area contributed by atoms with Gasteiger partial charge in [-0.3, -0.25) is 19.3 Å². The molecule has 29 heavy (non-hydrogen) atoms. The van der Waals surface area contributed by atoms with Crippen molar-refractivity contribution in [2.24, 2.45) is 0 Å². The zero-order valence-corrected chi connectivity index (χ0v) is 17.4. The molecule has 0 radical (unpaired) electrons. The van der Waals surface area contributed by atoms with Crippen LogP contribution in [0.15, 0.2) is 24.3 Å². The van der Waals surface area contributed by atoms with E-state index in [2.05, 4.69) is 24.5 Å². The Hall–Kier alpha value is -2.90. The maximum atomic E-state index is 12.5. The number of nitrogens with zero attached hydrogens (tertiary/aromatic N) is 1. The molecule has 0 saturated carbocycles. The van der Waals surface area contributed by atoms with Gasteiger partial charge in [-0.25, -0.2) is 4.79 Å². The van der Waals surface area contributed by atoms with Gasteiger partial charge in [0.25, 0.3) is 11.8 Å². The third-order valence-corrected chi connectivity index (χ3v) is 5.48. The first-order valence-electron chi connectivity index (χ1n) is 9.96. The number of carbonyl (C=O) groups is 4. The Morgan fingerprint density at radius 2 is 1.83 bits per heavy atom. The Morgan fingerprint density at radius 3 is 2.41 bits per heavy atom. The van der Waals surface area contributed by atoms with Gasteiger partial charge in [0.05, 0.1) is 0 Å². The lowest BCUT2D eigenvalue weighted by atomic mass is 9.93. The lowest BCUT2D eigenvalue weighted by Crippen LogP contribution is -2.46. The molecular formula is C21H29N3O5. The fourth-order valence-electron chi connectivity index (χ4n) is 3.32. The van der Waals surface area contributed by atoms with Crippen LogP contribution in [0.5, 0.6) is 0 Å². The standard InChI is InChI=1S/C21H29N3O5/c1-5-14(4)15-10-8-9-11-16(15)22-17(25)13-29-18(26)12-24-19(27)21(6-2,7-3)23-20(24)28/h8-11,14H,5-7,12-13H2,1-4H3,(H,22,25)(H,23,28)/t14-/m1/s1. The molecule has 0 spiro atoms. The van der Waals surface area contributed by atoms with Crippen LogP contribution in [-0.4, -0.2) is 47.4 Å². The van der Waals surface area contributed by atoms with Crippen LogP contribution in [0.1, 0.15) is 58.4 Å². The van der Waals surface area contributed by atoms with E-state index in [1.807, 2.05) is 18.2 Å². The molecule has 1 fully saturated rings. The molecule has 2 N–H and O–H groups in total. The van der Waals surface area contributed by atoms with E-state index in [9.17, 15) is 19.2 Å². The van der Waals surface area contributed by atoms with Crippen LogP contribution in [0, 0.1) is 0 Å². The minimum atomic E-state index is -0.978. The summed E-state index contributed by atoms with van der Waals surface area (Å²) in [7, 11) is 0. The Morgan fingerprint density at radius 1 is 1.17 bits per heavy atom. The van der Waals surface area contributed by atoms with Crippen molar-refractivity contribution in [1.29, 1.82) is 0 Å². The Kier molecular flexibility index (Phi) is 7.36. The van der Waals surface area contributed by atoms with Crippen LogP contribution >= 0.6 is 0 Å². The summed E-state index contributed by atoms with van der Waals surface area (Å²) < 4.78 is 4.97. The van der Waals surface area contributed by atoms with Gasteiger partial charge in [0, 0.05) is 5.69 Å². The van der Waals surface area contributed by atoms with Crippen molar-refractivity contribution in [3.8, 4) is 0 Å². The zero-order chi connectivity index (χ0) is 21.6. The van der Waals surface area contributed by atoms with E-state index in [1.165, 1.54) is 0 Å². The van der Waals surface area contributed by atoms with Crippen molar-refractivity contribution < 1.29 is 23.9 Å². The van der Waals surface area contributed by atoms with Crippen molar-refractivity contribution >= 4 is 29.5 Å². The fourth-order valence-corrected chi connectivity index (χ4v) is 3.32. The highest BCUT2D eigenvalue weighted by Gasteiger charge is 2.49. The first-order valence-corrected chi connectivity index (χ1v) is 9.96. The van der Waals surface area contributed by atoms with Gasteiger partial charge in [0.1, 0.15) is 12.1 Å². The summed E-state index contributed by atoms with van der Waals surface area (Å²) in [5.41, 5.74) is 0.700. The predicted molar refractivity (Wildman–Crippen MR) is 108 cm³/mol. The SMILES string of the molecule is CC[C@@H](C)c1ccccc1NC(=O)COC(=O)CN1C(=O)NC(CC)(CC)C1=O. The van der Waals surface area contributed by atoms with Gasteiger partial charge >= 0.3 is 12.0 Å². The number of anilines is 1. The number of carbonyl (C=O) groups excluding carboxylic acids is 4. The fraction of sp³-hybridized carbons (Fsp3) is 0.524. The van der Waals surface area contributed by atoms with Crippen molar-refractivity contribution in [2.45, 2.75) is 58.4 Å². The summed E-state index contributed by atoms with van der Waals surface area (Å²) in [4.78, 5) is 49.7. The van der Waals surface area contributed by atoms with Crippen molar-refractivity contribution in [2.75, 3.05) is 18.5 Å². The first kappa shape index (κ1) is 22.4. The molecule has 0 bridgehead atoms. The van der Waals surface area contributed by atoms with Crippen LogP contribution in [0.2, 0.25) is 0 Å². The molecule has 158 valence electrons. The third kappa shape index (κ3) is 4.93. The Balaban J connectivity index is 1.91. The third-order valence-electron chi connectivity index (χ3n) is 5.48. The topological polar surface area (TPSA) is 105 Å². The number of benzene rings is 1. The molecule has 1 aromatic rings. The summed E-state index contributed by atoms with van der Waals surface area (Å²) >= 11 is 0. The second-order valence-corrected chi connectivity index (χ2v) is 7.22. The minimum absolute atomic E-state index is 0.270. The second kappa shape index (κ2) is 9.54. The average Bonchev–Trinajstić information content (AvgIpc) is 2.96. The smallest absolute Gasteiger partial charge is 0.326 e. The predicted octanol–water partition coefficient (Wildman–Crippen LogP) is 2.79. The monoisotopic (exact) mass is 403 g/mol. The number of urea groups is 1. The molecule has 1 aliphatic heterocycles. The van der Waals surface area contributed by atoms with Gasteiger partial charge in [-0.2, -0.15) is 0 Å². The number of amides is 4. The molecule has 2 rings (SSSR count). The quantitative estimate of drug-likeness (QED) is 0.487. The largest absolute Gasteiger partial charge is 0.454 e. The van der Waals surface area contributed by atoms with Crippen LogP contribution in [0.25, 0.3) is 0 Å². The van der Waals surface area contributed by atoms with Crippen molar-refractivity contribution in [1.82, 2.24) is 10.2 Å². The number of esters is 1. The molecule has 8 heteroatoms. The van der Waals surface area contributed by atoms with Gasteiger partial charge in [-0.15, -0.1) is 0 Å². The molecule has 8 nitrogen and oxygen atoms in total. The number of nitrogens with one attached hydrogen (secondary N) is 2. The van der Waals surface area contributed by atoms with E-state index in [0.29, 0.717) is 18.5 Å². The number of para-hydroxylation sites is 1. The van der Waals surface area contributed by atoms with Crippen LogP contribution in [-0.2, 0) is 19.1 Å². The van der Waals surface area contributed by atoms with E-state index < -0.39 is 42.5 Å². The van der Waals surface area contributed by atoms with Crippen LogP contribution in [0.4, 0.5) is 10.5 Å². The number of hydrogen-bond acceptors (Lipinski definition) is 5. The second-order valence-electron chi connectivity index (χ2n) is 7.22. The molecule has 1 saturated heterocycles. The maximum absolute atomic E-state index is 12.5. The lowest BCUT2D eigenvalue weighted by Gasteiger charge is -2.22. The van der Waals surface area contributed by atoms with E-state index in [4.69, 9.17) is 4.74 Å². The Labute approximate surface area is 171 Å². The average molecular weight is 403 g/mol. The highest BCUT2D eigenvalue weighted by atomic mass is 16.5. The highest BCUT2D eigenvalue weighted by Crippen LogP contribution is 2.26. The number of rotatable bonds is 9. The molecule has 1 aliphatic rings. The molecule has 1 heterocycles. The van der Waals surface area contributed by atoms with E-state index in [1.54, 1.807) is 19.9 Å². The molecule has 0 unspecified atom stereocenters. The highest BCUT2D eigenvalue weighted by molar-refractivity contribution is 6.08.